The van der Waals surface area contributed by atoms with Crippen LogP contribution < -0.4 is 5.32 Å². The van der Waals surface area contributed by atoms with E-state index in [1.54, 1.807) is 18.2 Å². The first-order valence-electron chi connectivity index (χ1n) is 8.93. The van der Waals surface area contributed by atoms with E-state index < -0.39 is 0 Å². The van der Waals surface area contributed by atoms with E-state index in [2.05, 4.69) is 21.2 Å². The first-order chi connectivity index (χ1) is 13.9. The van der Waals surface area contributed by atoms with Gasteiger partial charge in [0.15, 0.2) is 0 Å². The molecular weight excluding hydrogens is 495 g/mol. The summed E-state index contributed by atoms with van der Waals surface area (Å²) in [5.41, 5.74) is 3.49. The monoisotopic (exact) mass is 508 g/mol. The zero-order valence-electron chi connectivity index (χ0n) is 15.0. The van der Waals surface area contributed by atoms with Gasteiger partial charge in [-0.1, -0.05) is 68.9 Å². The fourth-order valence-corrected chi connectivity index (χ4v) is 4.43. The topological polar surface area (TPSA) is 44.6 Å². The molecule has 3 aromatic carbocycles. The minimum absolute atomic E-state index is 0.160. The summed E-state index contributed by atoms with van der Waals surface area (Å²) in [6.45, 7) is 0. The summed E-state index contributed by atoms with van der Waals surface area (Å²) in [6, 6.07) is 18.2. The molecular formula is C22H16BrCl3N2O. The Morgan fingerprint density at radius 3 is 2.34 bits per heavy atom. The lowest BCUT2D eigenvalue weighted by Gasteiger charge is -2.31. The molecule has 0 aromatic heterocycles. The molecule has 148 valence electrons. The number of benzene rings is 3. The van der Waals surface area contributed by atoms with Crippen LogP contribution in [0.3, 0.4) is 0 Å². The van der Waals surface area contributed by atoms with Crippen LogP contribution in [-0.2, 0) is 0 Å². The Bertz CT molecular complexity index is 1090. The number of aromatic hydroxyl groups is 1. The average Bonchev–Trinajstić information content (AvgIpc) is 2.70. The van der Waals surface area contributed by atoms with Crippen LogP contribution in [0.2, 0.25) is 15.1 Å². The predicted molar refractivity (Wildman–Crippen MR) is 123 cm³/mol. The second kappa shape index (κ2) is 8.66. The third-order valence-electron chi connectivity index (χ3n) is 4.84. The Morgan fingerprint density at radius 1 is 0.897 bits per heavy atom. The van der Waals surface area contributed by atoms with Crippen LogP contribution in [0.25, 0.3) is 0 Å². The summed E-state index contributed by atoms with van der Waals surface area (Å²) in [5, 5.41) is 15.7. The normalized spacial score (nSPS) is 19.1. The van der Waals surface area contributed by atoms with Gasteiger partial charge < -0.3 is 5.11 Å². The number of nitrogens with zero attached hydrogens (tertiary/aromatic N) is 1. The van der Waals surface area contributed by atoms with E-state index in [0.717, 1.165) is 26.9 Å². The van der Waals surface area contributed by atoms with Crippen molar-refractivity contribution in [3.8, 4) is 5.75 Å². The second-order valence-corrected chi connectivity index (χ2v) is 8.97. The molecule has 2 N–H and O–H groups in total. The van der Waals surface area contributed by atoms with E-state index in [9.17, 15) is 5.11 Å². The van der Waals surface area contributed by atoms with Crippen LogP contribution >= 0.6 is 50.7 Å². The first kappa shape index (κ1) is 20.7. The molecule has 0 radical (unpaired) electrons. The fourth-order valence-electron chi connectivity index (χ4n) is 3.41. The molecule has 0 amide bonds. The van der Waals surface area contributed by atoms with Gasteiger partial charge in [-0.15, -0.1) is 0 Å². The molecule has 0 saturated heterocycles. The van der Waals surface area contributed by atoms with Crippen LogP contribution in [0.15, 0.2) is 70.1 Å². The van der Waals surface area contributed by atoms with Crippen molar-refractivity contribution in [1.29, 1.82) is 0 Å². The minimum Gasteiger partial charge on any atom is -0.508 e. The smallest absolute Gasteiger partial charge is 0.127 e. The highest BCUT2D eigenvalue weighted by Gasteiger charge is 2.28. The van der Waals surface area contributed by atoms with E-state index in [-0.39, 0.29) is 18.0 Å². The quantitative estimate of drug-likeness (QED) is 0.387. The predicted octanol–water partition coefficient (Wildman–Crippen LogP) is 7.34. The summed E-state index contributed by atoms with van der Waals surface area (Å²) in [7, 11) is 0. The molecule has 1 aliphatic rings. The zero-order chi connectivity index (χ0) is 20.5. The zero-order valence-corrected chi connectivity index (χ0v) is 18.9. The van der Waals surface area contributed by atoms with Gasteiger partial charge in [-0.3, -0.25) is 10.3 Å². The molecule has 0 unspecified atom stereocenters. The van der Waals surface area contributed by atoms with Gasteiger partial charge in [0.1, 0.15) is 11.9 Å². The number of phenols is 1. The number of rotatable bonds is 3. The van der Waals surface area contributed by atoms with Gasteiger partial charge in [0, 0.05) is 48.8 Å². The van der Waals surface area contributed by atoms with Crippen LogP contribution in [0.5, 0.6) is 5.75 Å². The van der Waals surface area contributed by atoms with Gasteiger partial charge in [-0.25, -0.2) is 0 Å². The van der Waals surface area contributed by atoms with Gasteiger partial charge in [0.2, 0.25) is 0 Å². The molecule has 2 atom stereocenters. The van der Waals surface area contributed by atoms with Gasteiger partial charge >= 0.3 is 0 Å². The maximum Gasteiger partial charge on any atom is 0.127 e. The number of aliphatic imine (C=N–C) groups is 1. The SMILES string of the molecule is Oc1ccc(Br)cc1[C@@H]1CC(c2ccc(Cl)cc2)=N[C@H](c2ccc(Cl)cc2Cl)N1. The van der Waals surface area contributed by atoms with E-state index in [4.69, 9.17) is 39.8 Å². The largest absolute Gasteiger partial charge is 0.508 e. The molecule has 1 aliphatic heterocycles. The number of halogens is 4. The van der Waals surface area contributed by atoms with Crippen molar-refractivity contribution in [2.24, 2.45) is 4.99 Å². The summed E-state index contributed by atoms with van der Waals surface area (Å²) in [5.74, 6) is 0.226. The summed E-state index contributed by atoms with van der Waals surface area (Å²) >= 11 is 22.1. The summed E-state index contributed by atoms with van der Waals surface area (Å²) < 4.78 is 0.892. The third kappa shape index (κ3) is 4.62. The molecule has 29 heavy (non-hydrogen) atoms. The second-order valence-electron chi connectivity index (χ2n) is 6.78. The van der Waals surface area contributed by atoms with Gasteiger partial charge in [-0.2, -0.15) is 0 Å². The maximum absolute atomic E-state index is 10.5. The molecule has 7 heteroatoms. The first-order valence-corrected chi connectivity index (χ1v) is 10.9. The standard InChI is InChI=1S/C22H16BrCl3N2O/c23-13-3-8-21(29)17(9-13)20-11-19(12-1-4-14(24)5-2-12)27-22(28-20)16-7-6-15(25)10-18(16)26/h1-10,20,22,28-29H,11H2/t20-,22-/m0/s1. The summed E-state index contributed by atoms with van der Waals surface area (Å²) in [4.78, 5) is 4.91. The Kier molecular flexibility index (Phi) is 6.19. The van der Waals surface area contributed by atoms with Gasteiger partial charge in [0.05, 0.1) is 0 Å². The fraction of sp³-hybridized carbons (Fsp3) is 0.136. The summed E-state index contributed by atoms with van der Waals surface area (Å²) in [6.07, 6.45) is 0.218. The highest BCUT2D eigenvalue weighted by atomic mass is 79.9. The van der Waals surface area contributed by atoms with Crippen LogP contribution in [0.4, 0.5) is 0 Å². The van der Waals surface area contributed by atoms with E-state index in [1.807, 2.05) is 42.5 Å². The minimum atomic E-state index is -0.387. The van der Waals surface area contributed by atoms with Gasteiger partial charge in [-0.05, 0) is 48.0 Å². The molecule has 0 spiro atoms. The molecule has 1 heterocycles. The van der Waals surface area contributed by atoms with Crippen molar-refractivity contribution in [2.45, 2.75) is 18.6 Å². The van der Waals surface area contributed by atoms with Crippen molar-refractivity contribution in [3.05, 3.63) is 96.9 Å². The molecule has 0 aliphatic carbocycles. The van der Waals surface area contributed by atoms with Crippen molar-refractivity contribution in [3.63, 3.8) is 0 Å². The Hall–Kier alpha value is -1.56. The van der Waals surface area contributed by atoms with Crippen molar-refractivity contribution >= 4 is 56.4 Å². The highest BCUT2D eigenvalue weighted by Crippen LogP contribution is 2.37. The van der Waals surface area contributed by atoms with E-state index in [0.29, 0.717) is 21.5 Å². The Morgan fingerprint density at radius 2 is 1.62 bits per heavy atom. The Labute approximate surface area is 192 Å². The molecule has 0 bridgehead atoms. The average molecular weight is 511 g/mol. The number of nitrogens with one attached hydrogen (secondary N) is 1. The molecule has 3 nitrogen and oxygen atoms in total. The van der Waals surface area contributed by atoms with Crippen LogP contribution in [0, 0.1) is 0 Å². The van der Waals surface area contributed by atoms with Gasteiger partial charge in [0.25, 0.3) is 0 Å². The van der Waals surface area contributed by atoms with E-state index in [1.165, 1.54) is 0 Å². The Balaban J connectivity index is 1.79. The van der Waals surface area contributed by atoms with E-state index >= 15 is 0 Å². The highest BCUT2D eigenvalue weighted by molar-refractivity contribution is 9.10. The van der Waals surface area contributed by atoms with Crippen molar-refractivity contribution in [2.75, 3.05) is 0 Å². The number of phenolic OH excluding ortho intramolecular Hbond substituents is 1. The number of hydrogen-bond donors (Lipinski definition) is 2. The molecule has 4 rings (SSSR count). The molecule has 0 fully saturated rings. The number of hydrogen-bond acceptors (Lipinski definition) is 3. The lowest BCUT2D eigenvalue weighted by atomic mass is 9.93. The van der Waals surface area contributed by atoms with Crippen LogP contribution in [0.1, 0.15) is 35.3 Å². The van der Waals surface area contributed by atoms with Crippen molar-refractivity contribution < 1.29 is 5.11 Å². The van der Waals surface area contributed by atoms with Crippen LogP contribution in [-0.4, -0.2) is 10.8 Å². The lowest BCUT2D eigenvalue weighted by Crippen LogP contribution is -2.33. The van der Waals surface area contributed by atoms with Crippen molar-refractivity contribution in [1.82, 2.24) is 5.32 Å². The maximum atomic E-state index is 10.5. The lowest BCUT2D eigenvalue weighted by molar-refractivity contribution is 0.412. The third-order valence-corrected chi connectivity index (χ3v) is 6.15. The molecule has 0 saturated carbocycles. The molecule has 3 aromatic rings.